The standard InChI is InChI=1S/C14H18N2O2/c1-9-5-10(2)12-7-11(8-15-3-4-17)14(18)16-13(12)6-9/h5-7,15,17H,3-4,8H2,1-2H3,(H,16,18)/p+1. The molecule has 0 bridgehead atoms. The monoisotopic (exact) mass is 247 g/mol. The van der Waals surface area contributed by atoms with Crippen molar-refractivity contribution in [2.75, 3.05) is 13.2 Å². The maximum absolute atomic E-state index is 11.9. The van der Waals surface area contributed by atoms with Gasteiger partial charge in [0, 0.05) is 10.9 Å². The van der Waals surface area contributed by atoms with E-state index < -0.39 is 0 Å². The maximum atomic E-state index is 11.9. The van der Waals surface area contributed by atoms with Gasteiger partial charge in [0.1, 0.15) is 6.54 Å². The number of H-pyrrole nitrogens is 1. The first kappa shape index (κ1) is 12.8. The topological polar surface area (TPSA) is 69.7 Å². The van der Waals surface area contributed by atoms with Crippen molar-refractivity contribution in [1.29, 1.82) is 0 Å². The summed E-state index contributed by atoms with van der Waals surface area (Å²) in [4.78, 5) is 14.8. The van der Waals surface area contributed by atoms with Crippen LogP contribution in [0.3, 0.4) is 0 Å². The highest BCUT2D eigenvalue weighted by Crippen LogP contribution is 2.17. The second-order valence-electron chi connectivity index (χ2n) is 4.67. The zero-order chi connectivity index (χ0) is 13.1. The number of aliphatic hydroxyl groups excluding tert-OH is 1. The molecule has 0 spiro atoms. The van der Waals surface area contributed by atoms with E-state index in [9.17, 15) is 4.79 Å². The highest BCUT2D eigenvalue weighted by Gasteiger charge is 2.06. The fourth-order valence-electron chi connectivity index (χ4n) is 2.22. The van der Waals surface area contributed by atoms with E-state index in [1.165, 1.54) is 5.56 Å². The molecule has 0 aliphatic heterocycles. The summed E-state index contributed by atoms with van der Waals surface area (Å²) < 4.78 is 0. The molecule has 4 N–H and O–H groups in total. The zero-order valence-electron chi connectivity index (χ0n) is 10.8. The first-order valence-corrected chi connectivity index (χ1v) is 6.17. The molecule has 1 aromatic carbocycles. The predicted molar refractivity (Wildman–Crippen MR) is 71.6 cm³/mol. The molecule has 2 aromatic rings. The first-order valence-electron chi connectivity index (χ1n) is 6.17. The summed E-state index contributed by atoms with van der Waals surface area (Å²) in [5.74, 6) is 0. The lowest BCUT2D eigenvalue weighted by Gasteiger charge is -2.06. The number of aromatic amines is 1. The van der Waals surface area contributed by atoms with Crippen molar-refractivity contribution in [3.63, 3.8) is 0 Å². The fraction of sp³-hybridized carbons (Fsp3) is 0.357. The van der Waals surface area contributed by atoms with Gasteiger partial charge < -0.3 is 15.4 Å². The van der Waals surface area contributed by atoms with Crippen LogP contribution in [0, 0.1) is 13.8 Å². The van der Waals surface area contributed by atoms with Gasteiger partial charge in [-0.05, 0) is 37.1 Å². The Bertz CT molecular complexity index is 617. The highest BCUT2D eigenvalue weighted by molar-refractivity contribution is 5.83. The zero-order valence-corrected chi connectivity index (χ0v) is 10.8. The molecule has 0 amide bonds. The number of aryl methyl sites for hydroxylation is 2. The Balaban J connectivity index is 2.44. The third-order valence-corrected chi connectivity index (χ3v) is 3.09. The van der Waals surface area contributed by atoms with Crippen LogP contribution < -0.4 is 10.9 Å². The van der Waals surface area contributed by atoms with Crippen molar-refractivity contribution in [1.82, 2.24) is 4.98 Å². The molecule has 4 heteroatoms. The summed E-state index contributed by atoms with van der Waals surface area (Å²) >= 11 is 0. The van der Waals surface area contributed by atoms with Crippen molar-refractivity contribution in [3.05, 3.63) is 45.2 Å². The average Bonchev–Trinajstić information content (AvgIpc) is 2.30. The third-order valence-electron chi connectivity index (χ3n) is 3.09. The van der Waals surface area contributed by atoms with Crippen LogP contribution in [0.4, 0.5) is 0 Å². The molecule has 1 heterocycles. The summed E-state index contributed by atoms with van der Waals surface area (Å²) in [6.07, 6.45) is 0. The van der Waals surface area contributed by atoms with Crippen LogP contribution in [-0.4, -0.2) is 23.2 Å². The van der Waals surface area contributed by atoms with Crippen LogP contribution in [0.15, 0.2) is 23.0 Å². The van der Waals surface area contributed by atoms with Crippen molar-refractivity contribution in [2.45, 2.75) is 20.4 Å². The number of aromatic nitrogens is 1. The molecule has 2 rings (SSSR count). The van der Waals surface area contributed by atoms with Crippen LogP contribution in [-0.2, 0) is 6.54 Å². The Kier molecular flexibility index (Phi) is 3.79. The molecule has 1 aromatic heterocycles. The second-order valence-corrected chi connectivity index (χ2v) is 4.67. The number of hydrogen-bond acceptors (Lipinski definition) is 2. The van der Waals surface area contributed by atoms with E-state index in [1.54, 1.807) is 0 Å². The van der Waals surface area contributed by atoms with Crippen molar-refractivity contribution in [3.8, 4) is 0 Å². The summed E-state index contributed by atoms with van der Waals surface area (Å²) in [7, 11) is 0. The van der Waals surface area contributed by atoms with E-state index in [1.807, 2.05) is 24.4 Å². The Labute approximate surface area is 106 Å². The van der Waals surface area contributed by atoms with Crippen molar-refractivity contribution in [2.24, 2.45) is 0 Å². The number of fused-ring (bicyclic) bond motifs is 1. The Morgan fingerprint density at radius 3 is 2.78 bits per heavy atom. The van der Waals surface area contributed by atoms with E-state index in [-0.39, 0.29) is 12.2 Å². The average molecular weight is 247 g/mol. The van der Waals surface area contributed by atoms with Crippen LogP contribution in [0.5, 0.6) is 0 Å². The molecule has 0 radical (unpaired) electrons. The highest BCUT2D eigenvalue weighted by atomic mass is 16.3. The van der Waals surface area contributed by atoms with Gasteiger partial charge in [0.2, 0.25) is 0 Å². The van der Waals surface area contributed by atoms with Gasteiger partial charge in [-0.2, -0.15) is 0 Å². The molecular weight excluding hydrogens is 228 g/mol. The van der Waals surface area contributed by atoms with Gasteiger partial charge in [0.25, 0.3) is 5.56 Å². The number of nitrogens with one attached hydrogen (secondary N) is 1. The Hall–Kier alpha value is -1.65. The van der Waals surface area contributed by atoms with Gasteiger partial charge in [-0.3, -0.25) is 4.79 Å². The van der Waals surface area contributed by atoms with Gasteiger partial charge in [-0.25, -0.2) is 0 Å². The number of hydrogen-bond donors (Lipinski definition) is 3. The summed E-state index contributed by atoms with van der Waals surface area (Å²) in [6.45, 7) is 5.41. The maximum Gasteiger partial charge on any atom is 0.257 e. The lowest BCUT2D eigenvalue weighted by atomic mass is 10.0. The summed E-state index contributed by atoms with van der Waals surface area (Å²) in [6, 6.07) is 6.06. The minimum Gasteiger partial charge on any atom is -0.391 e. The van der Waals surface area contributed by atoms with E-state index in [4.69, 9.17) is 5.11 Å². The normalized spacial score (nSPS) is 11.1. The van der Waals surface area contributed by atoms with Crippen LogP contribution >= 0.6 is 0 Å². The van der Waals surface area contributed by atoms with Crippen molar-refractivity contribution >= 4 is 10.9 Å². The van der Waals surface area contributed by atoms with Gasteiger partial charge in [0.05, 0.1) is 18.7 Å². The molecule has 0 atom stereocenters. The number of quaternary nitrogens is 1. The summed E-state index contributed by atoms with van der Waals surface area (Å²) in [5.41, 5.74) is 3.92. The van der Waals surface area contributed by atoms with Crippen molar-refractivity contribution < 1.29 is 10.4 Å². The second kappa shape index (κ2) is 5.33. The molecule has 0 saturated carbocycles. The van der Waals surface area contributed by atoms with Crippen LogP contribution in [0.25, 0.3) is 10.9 Å². The number of pyridine rings is 1. The van der Waals surface area contributed by atoms with E-state index >= 15 is 0 Å². The largest absolute Gasteiger partial charge is 0.391 e. The smallest absolute Gasteiger partial charge is 0.257 e. The lowest BCUT2D eigenvalue weighted by molar-refractivity contribution is -0.671. The minimum absolute atomic E-state index is 0.0401. The molecule has 4 nitrogen and oxygen atoms in total. The van der Waals surface area contributed by atoms with Crippen LogP contribution in [0.1, 0.15) is 16.7 Å². The predicted octanol–water partition coefficient (Wildman–Crippen LogP) is 0.201. The third kappa shape index (κ3) is 2.60. The van der Waals surface area contributed by atoms with Gasteiger partial charge >= 0.3 is 0 Å². The Morgan fingerprint density at radius 1 is 1.28 bits per heavy atom. The first-order chi connectivity index (χ1) is 8.61. The number of rotatable bonds is 4. The molecule has 18 heavy (non-hydrogen) atoms. The molecule has 0 fully saturated rings. The molecule has 96 valence electrons. The molecule has 0 aliphatic rings. The molecular formula is C14H19N2O2+. The minimum atomic E-state index is -0.0401. The number of nitrogens with two attached hydrogens (primary N) is 1. The van der Waals surface area contributed by atoms with Crippen LogP contribution in [0.2, 0.25) is 0 Å². The number of benzene rings is 1. The molecule has 0 aliphatic carbocycles. The number of aliphatic hydroxyl groups is 1. The van der Waals surface area contributed by atoms with E-state index in [0.29, 0.717) is 13.1 Å². The van der Waals surface area contributed by atoms with Gasteiger partial charge in [0.15, 0.2) is 0 Å². The van der Waals surface area contributed by atoms with Gasteiger partial charge in [-0.15, -0.1) is 0 Å². The molecule has 0 saturated heterocycles. The van der Waals surface area contributed by atoms with E-state index in [2.05, 4.69) is 18.0 Å². The quantitative estimate of drug-likeness (QED) is 0.676. The SMILES string of the molecule is Cc1cc(C)c2cc(C[NH2+]CCO)c(=O)[nH]c2c1. The Morgan fingerprint density at radius 2 is 2.06 bits per heavy atom. The van der Waals surface area contributed by atoms with E-state index in [0.717, 1.165) is 22.0 Å². The lowest BCUT2D eigenvalue weighted by Crippen LogP contribution is -2.83. The molecule has 0 unspecified atom stereocenters. The fourth-order valence-corrected chi connectivity index (χ4v) is 2.22. The van der Waals surface area contributed by atoms with Gasteiger partial charge in [-0.1, -0.05) is 6.07 Å². The summed E-state index contributed by atoms with van der Waals surface area (Å²) in [5, 5.41) is 11.8.